The maximum absolute atomic E-state index is 4.81. The van der Waals surface area contributed by atoms with Crippen LogP contribution in [0, 0.1) is 0 Å². The summed E-state index contributed by atoms with van der Waals surface area (Å²) in [6.45, 7) is 0. The molecule has 0 atom stereocenters. The number of halogens is 3. The second-order valence-electron chi connectivity index (χ2n) is 0.247. The Morgan fingerprint density at radius 1 is 1.00 bits per heavy atom. The van der Waals surface area contributed by atoms with Crippen molar-refractivity contribution < 1.29 is 0 Å². The summed E-state index contributed by atoms with van der Waals surface area (Å²) in [5, 5.41) is 0. The van der Waals surface area contributed by atoms with Gasteiger partial charge in [0.1, 0.15) is 0 Å². The topological polar surface area (TPSA) is 0 Å². The molecule has 0 aromatic carbocycles. The van der Waals surface area contributed by atoms with Gasteiger partial charge in [0.15, 0.2) is 4.30 Å². The first-order valence-corrected chi connectivity index (χ1v) is 1.96. The van der Waals surface area contributed by atoms with E-state index in [1.54, 1.807) is 0 Å². The molecule has 0 fully saturated rings. The Hall–Kier alpha value is 1.41. The normalized spacial score (nSPS) is 7.20. The zero-order chi connectivity index (χ0) is 3.58. The van der Waals surface area contributed by atoms with Crippen LogP contribution >= 0.6 is 34.8 Å². The number of hydrogen-bond donors (Lipinski definition) is 0. The van der Waals surface area contributed by atoms with Crippen molar-refractivity contribution in [1.82, 2.24) is 0 Å². The summed E-state index contributed by atoms with van der Waals surface area (Å²) in [5.74, 6) is 0. The molecular weight excluding hydrogens is 191 g/mol. The fraction of sp³-hybridized carbons (Fsp3) is 1.00. The summed E-state index contributed by atoms with van der Waals surface area (Å²) in [4.78, 5) is 0. The van der Waals surface area contributed by atoms with E-state index in [1.807, 2.05) is 0 Å². The van der Waals surface area contributed by atoms with Gasteiger partial charge in [-0.2, -0.15) is 0 Å². The summed E-state index contributed by atoms with van der Waals surface area (Å²) in [5.41, 5.74) is 0. The van der Waals surface area contributed by atoms with Gasteiger partial charge in [0.05, 0.1) is 0 Å². The Kier molecular flexibility index (Phi) is 10.4. The second-order valence-corrected chi connectivity index (χ2v) is 2.23. The zero-order valence-electron chi connectivity index (χ0n) is 1.71. The maximum atomic E-state index is 4.81. The van der Waals surface area contributed by atoms with Crippen molar-refractivity contribution in [1.29, 1.82) is 0 Å². The van der Waals surface area contributed by atoms with Crippen molar-refractivity contribution in [2.45, 2.75) is 4.30 Å². The van der Waals surface area contributed by atoms with Gasteiger partial charge >= 0.3 is 17.6 Å². The summed E-state index contributed by atoms with van der Waals surface area (Å²) >= 11 is 14.4. The van der Waals surface area contributed by atoms with E-state index in [-0.39, 0.29) is 17.6 Å². The SMILES string of the molecule is ClC(Cl)Cl.[GeH4]. The van der Waals surface area contributed by atoms with Crippen molar-refractivity contribution in [3.05, 3.63) is 0 Å². The fourth-order valence-corrected chi connectivity index (χ4v) is 0. The van der Waals surface area contributed by atoms with Crippen LogP contribution in [0.15, 0.2) is 0 Å². The van der Waals surface area contributed by atoms with Gasteiger partial charge in [0.25, 0.3) is 0 Å². The number of hydrogen-bond acceptors (Lipinski definition) is 0. The summed E-state index contributed by atoms with van der Waals surface area (Å²) < 4.78 is -0.750. The molecule has 0 spiro atoms. The van der Waals surface area contributed by atoms with Crippen LogP contribution < -0.4 is 0 Å². The molecule has 0 N–H and O–H groups in total. The molecule has 0 aliphatic carbocycles. The van der Waals surface area contributed by atoms with Crippen LogP contribution in [0.25, 0.3) is 0 Å². The first kappa shape index (κ1) is 9.65. The summed E-state index contributed by atoms with van der Waals surface area (Å²) in [6.07, 6.45) is 0. The Morgan fingerprint density at radius 2 is 1.00 bits per heavy atom. The monoisotopic (exact) mass is 196 g/mol. The average Bonchev–Trinajstić information content (AvgIpc) is 0.811. The van der Waals surface area contributed by atoms with Gasteiger partial charge in [0.2, 0.25) is 0 Å². The van der Waals surface area contributed by atoms with E-state index < -0.39 is 4.30 Å². The quantitative estimate of drug-likeness (QED) is 0.391. The standard InChI is InChI=1S/CHCl3.GeH4/c2-1(3)4;/h1H;1H4. The third kappa shape index (κ3) is 31.6. The molecular formula is CH5Cl3Ge. The minimum atomic E-state index is -0.750. The molecule has 0 heterocycles. The van der Waals surface area contributed by atoms with E-state index in [0.717, 1.165) is 0 Å². The van der Waals surface area contributed by atoms with E-state index in [2.05, 4.69) is 0 Å². The van der Waals surface area contributed by atoms with E-state index >= 15 is 0 Å². The first-order chi connectivity index (χ1) is 1.73. The Morgan fingerprint density at radius 3 is 1.00 bits per heavy atom. The molecule has 0 radical (unpaired) electrons. The molecule has 0 unspecified atom stereocenters. The molecule has 0 nitrogen and oxygen atoms in total. The number of rotatable bonds is 0. The predicted octanol–water partition coefficient (Wildman–Crippen LogP) is 0.535. The molecule has 0 aliphatic heterocycles. The second kappa shape index (κ2) is 5.41. The first-order valence-electron chi connectivity index (χ1n) is 0.655. The van der Waals surface area contributed by atoms with E-state index in [4.69, 9.17) is 34.8 Å². The molecule has 0 bridgehead atoms. The van der Waals surface area contributed by atoms with Crippen LogP contribution in [-0.4, -0.2) is 21.9 Å². The molecule has 0 aromatic heterocycles. The van der Waals surface area contributed by atoms with E-state index in [9.17, 15) is 0 Å². The van der Waals surface area contributed by atoms with Gasteiger partial charge in [-0.1, -0.05) is 34.8 Å². The van der Waals surface area contributed by atoms with Gasteiger partial charge in [0, 0.05) is 0 Å². The molecule has 0 rings (SSSR count). The third-order valence-electron chi connectivity index (χ3n) is 0. The van der Waals surface area contributed by atoms with Crippen molar-refractivity contribution in [2.75, 3.05) is 0 Å². The van der Waals surface area contributed by atoms with Crippen molar-refractivity contribution in [2.24, 2.45) is 0 Å². The minimum absolute atomic E-state index is 0. The molecule has 0 saturated carbocycles. The van der Waals surface area contributed by atoms with Crippen molar-refractivity contribution in [3.63, 3.8) is 0 Å². The van der Waals surface area contributed by atoms with Gasteiger partial charge in [-0.3, -0.25) is 0 Å². The molecule has 34 valence electrons. The van der Waals surface area contributed by atoms with Crippen LogP contribution in [0.2, 0.25) is 0 Å². The molecule has 0 aromatic rings. The Labute approximate surface area is 56.7 Å². The summed E-state index contributed by atoms with van der Waals surface area (Å²) in [7, 11) is 0. The van der Waals surface area contributed by atoms with Crippen LogP contribution in [-0.2, 0) is 0 Å². The molecule has 5 heavy (non-hydrogen) atoms. The van der Waals surface area contributed by atoms with Crippen LogP contribution in [0.3, 0.4) is 0 Å². The van der Waals surface area contributed by atoms with E-state index in [1.165, 1.54) is 0 Å². The predicted molar refractivity (Wildman–Crippen MR) is 32.7 cm³/mol. The van der Waals surface area contributed by atoms with Crippen LogP contribution in [0.5, 0.6) is 0 Å². The molecule has 0 aliphatic rings. The third-order valence-corrected chi connectivity index (χ3v) is 0. The average molecular weight is 196 g/mol. The van der Waals surface area contributed by atoms with Gasteiger partial charge in [-0.15, -0.1) is 0 Å². The molecule has 0 amide bonds. The molecule has 0 saturated heterocycles. The number of alkyl halides is 3. The molecule has 4 heteroatoms. The van der Waals surface area contributed by atoms with Crippen LogP contribution in [0.4, 0.5) is 0 Å². The Bertz CT molecular complexity index is 11.6. The van der Waals surface area contributed by atoms with Gasteiger partial charge < -0.3 is 0 Å². The summed E-state index contributed by atoms with van der Waals surface area (Å²) in [6, 6.07) is 0. The van der Waals surface area contributed by atoms with Gasteiger partial charge in [-0.25, -0.2) is 0 Å². The Balaban J connectivity index is 0. The van der Waals surface area contributed by atoms with Crippen molar-refractivity contribution in [3.8, 4) is 0 Å². The van der Waals surface area contributed by atoms with E-state index in [0.29, 0.717) is 0 Å². The fourth-order valence-electron chi connectivity index (χ4n) is 0. The van der Waals surface area contributed by atoms with Crippen LogP contribution in [0.1, 0.15) is 0 Å². The zero-order valence-corrected chi connectivity index (χ0v) is 3.98. The van der Waals surface area contributed by atoms with Gasteiger partial charge in [-0.05, 0) is 0 Å². The van der Waals surface area contributed by atoms with Crippen molar-refractivity contribution >= 4 is 52.4 Å².